The number of carbonyl (C=O) groups is 1. The van der Waals surface area contributed by atoms with Crippen molar-refractivity contribution in [1.82, 2.24) is 34.9 Å². The standard InChI is InChI=1S/C34H27FN8O3S/c1-47(45,46)39-16-21-9-22(12-25(35)10-21)32-27-15-30(41-29(27)7-8-37-32)33-28-14-24(18-38-34(28)43-42-33)23-13-26(19-36-17-23)40-31(44)11-20-5-3-2-4-6-20/h2-10,12-15,17-19,39,41H,11,16H2,1H3,(H,40,44)(H,38,42,43). The van der Waals surface area contributed by atoms with Crippen LogP contribution >= 0.6 is 0 Å². The van der Waals surface area contributed by atoms with Gasteiger partial charge < -0.3 is 10.3 Å². The highest BCUT2D eigenvalue weighted by Crippen LogP contribution is 2.34. The van der Waals surface area contributed by atoms with Crippen molar-refractivity contribution < 1.29 is 17.6 Å². The van der Waals surface area contributed by atoms with Crippen LogP contribution in [0.3, 0.4) is 0 Å². The lowest BCUT2D eigenvalue weighted by Crippen LogP contribution is -2.21. The van der Waals surface area contributed by atoms with Gasteiger partial charge in [-0.25, -0.2) is 22.5 Å². The molecule has 0 aliphatic heterocycles. The first-order valence-electron chi connectivity index (χ1n) is 14.5. The van der Waals surface area contributed by atoms with Crippen molar-refractivity contribution >= 4 is 43.6 Å². The molecule has 47 heavy (non-hydrogen) atoms. The maximum Gasteiger partial charge on any atom is 0.228 e. The number of pyridine rings is 3. The topological polar surface area (TPSA) is 158 Å². The van der Waals surface area contributed by atoms with Gasteiger partial charge in [0.2, 0.25) is 15.9 Å². The molecule has 5 heterocycles. The molecule has 5 aromatic heterocycles. The maximum atomic E-state index is 14.6. The SMILES string of the molecule is CS(=O)(=O)NCc1cc(F)cc(-c2nccc3[nH]c(-c4[nH]nc5ncc(-c6cncc(NC(=O)Cc7ccccc7)c6)cc45)cc23)c1. The summed E-state index contributed by atoms with van der Waals surface area (Å²) in [5.41, 5.74) is 7.21. The van der Waals surface area contributed by atoms with Crippen LogP contribution in [0.25, 0.3) is 55.7 Å². The van der Waals surface area contributed by atoms with Crippen molar-refractivity contribution in [3.63, 3.8) is 0 Å². The average Bonchev–Trinajstić information content (AvgIpc) is 3.68. The molecule has 0 unspecified atom stereocenters. The Balaban J connectivity index is 1.20. The van der Waals surface area contributed by atoms with Crippen LogP contribution in [0.2, 0.25) is 0 Å². The highest BCUT2D eigenvalue weighted by molar-refractivity contribution is 7.88. The van der Waals surface area contributed by atoms with Crippen LogP contribution in [0.15, 0.2) is 97.6 Å². The molecule has 11 nitrogen and oxygen atoms in total. The Bertz CT molecular complexity index is 2390. The number of hydrogen-bond acceptors (Lipinski definition) is 7. The van der Waals surface area contributed by atoms with Crippen LogP contribution < -0.4 is 10.0 Å². The van der Waals surface area contributed by atoms with Gasteiger partial charge in [0.25, 0.3) is 0 Å². The smallest absolute Gasteiger partial charge is 0.228 e. The molecule has 2 aromatic carbocycles. The van der Waals surface area contributed by atoms with Gasteiger partial charge in [-0.15, -0.1) is 0 Å². The Morgan fingerprint density at radius 2 is 1.70 bits per heavy atom. The Hall–Kier alpha value is -5.79. The number of rotatable bonds is 9. The van der Waals surface area contributed by atoms with E-state index in [-0.39, 0.29) is 18.9 Å². The lowest BCUT2D eigenvalue weighted by molar-refractivity contribution is -0.115. The fourth-order valence-corrected chi connectivity index (χ4v) is 5.87. The lowest BCUT2D eigenvalue weighted by atomic mass is 10.0. The third kappa shape index (κ3) is 6.61. The highest BCUT2D eigenvalue weighted by atomic mass is 32.2. The summed E-state index contributed by atoms with van der Waals surface area (Å²) in [4.78, 5) is 29.5. The molecule has 0 saturated carbocycles. The average molecular weight is 647 g/mol. The van der Waals surface area contributed by atoms with E-state index in [4.69, 9.17) is 0 Å². The zero-order valence-corrected chi connectivity index (χ0v) is 25.8. The Labute approximate surface area is 268 Å². The van der Waals surface area contributed by atoms with Gasteiger partial charge in [0, 0.05) is 58.1 Å². The first kappa shape index (κ1) is 29.9. The van der Waals surface area contributed by atoms with E-state index in [1.54, 1.807) is 30.9 Å². The number of halogens is 1. The molecule has 7 rings (SSSR count). The molecule has 0 saturated heterocycles. The van der Waals surface area contributed by atoms with E-state index in [0.29, 0.717) is 39.5 Å². The van der Waals surface area contributed by atoms with Gasteiger partial charge in [-0.3, -0.25) is 19.9 Å². The molecule has 0 aliphatic rings. The summed E-state index contributed by atoms with van der Waals surface area (Å²) in [5.74, 6) is -0.650. The maximum absolute atomic E-state index is 14.6. The van der Waals surface area contributed by atoms with Crippen molar-refractivity contribution in [2.24, 2.45) is 0 Å². The number of nitrogens with one attached hydrogen (secondary N) is 4. The second-order valence-corrected chi connectivity index (χ2v) is 12.9. The van der Waals surface area contributed by atoms with Crippen molar-refractivity contribution in [2.75, 3.05) is 11.6 Å². The molecule has 0 fully saturated rings. The van der Waals surface area contributed by atoms with Crippen LogP contribution in [-0.2, 0) is 27.8 Å². The van der Waals surface area contributed by atoms with Crippen LogP contribution in [0.1, 0.15) is 11.1 Å². The molecule has 1 amide bonds. The minimum absolute atomic E-state index is 0.0497. The first-order valence-corrected chi connectivity index (χ1v) is 16.4. The number of amides is 1. The zero-order valence-electron chi connectivity index (χ0n) is 25.0. The quantitative estimate of drug-likeness (QED) is 0.159. The molecule has 0 bridgehead atoms. The van der Waals surface area contributed by atoms with Gasteiger partial charge in [0.1, 0.15) is 5.82 Å². The molecule has 4 N–H and O–H groups in total. The normalized spacial score (nSPS) is 11.7. The number of H-pyrrole nitrogens is 2. The fourth-order valence-electron chi connectivity index (χ4n) is 5.44. The third-order valence-electron chi connectivity index (χ3n) is 7.56. The van der Waals surface area contributed by atoms with Crippen LogP contribution in [0, 0.1) is 5.82 Å². The number of aromatic amines is 2. The molecule has 0 spiro atoms. The second kappa shape index (κ2) is 12.2. The van der Waals surface area contributed by atoms with Gasteiger partial charge in [-0.2, -0.15) is 5.10 Å². The van der Waals surface area contributed by atoms with E-state index in [2.05, 4.69) is 40.2 Å². The fraction of sp³-hybridized carbons (Fsp3) is 0.0882. The molecule has 0 radical (unpaired) electrons. The van der Waals surface area contributed by atoms with Gasteiger partial charge >= 0.3 is 0 Å². The number of benzene rings is 2. The molecule has 0 atom stereocenters. The molecule has 234 valence electrons. The van der Waals surface area contributed by atoms with Gasteiger partial charge in [-0.1, -0.05) is 30.3 Å². The molecule has 0 aliphatic carbocycles. The summed E-state index contributed by atoms with van der Waals surface area (Å²) in [6, 6.07) is 21.4. The molecule has 13 heteroatoms. The second-order valence-electron chi connectivity index (χ2n) is 11.1. The van der Waals surface area contributed by atoms with Crippen molar-refractivity contribution in [3.8, 4) is 33.8 Å². The number of sulfonamides is 1. The van der Waals surface area contributed by atoms with E-state index in [0.717, 1.165) is 39.2 Å². The number of aromatic nitrogens is 6. The Morgan fingerprint density at radius 1 is 0.872 bits per heavy atom. The van der Waals surface area contributed by atoms with E-state index in [1.165, 1.54) is 12.1 Å². The van der Waals surface area contributed by atoms with Crippen LogP contribution in [-0.4, -0.2) is 50.7 Å². The largest absolute Gasteiger partial charge is 0.353 e. The highest BCUT2D eigenvalue weighted by Gasteiger charge is 2.17. The van der Waals surface area contributed by atoms with E-state index in [9.17, 15) is 17.6 Å². The predicted molar refractivity (Wildman–Crippen MR) is 178 cm³/mol. The van der Waals surface area contributed by atoms with E-state index >= 15 is 0 Å². The van der Waals surface area contributed by atoms with Crippen molar-refractivity contribution in [2.45, 2.75) is 13.0 Å². The van der Waals surface area contributed by atoms with Gasteiger partial charge in [0.15, 0.2) is 5.65 Å². The zero-order chi connectivity index (χ0) is 32.5. The molecular formula is C34H27FN8O3S. The number of anilines is 1. The van der Waals surface area contributed by atoms with Crippen molar-refractivity contribution in [1.29, 1.82) is 0 Å². The molecular weight excluding hydrogens is 619 g/mol. The summed E-state index contributed by atoms with van der Waals surface area (Å²) in [6.07, 6.45) is 7.93. The predicted octanol–water partition coefficient (Wildman–Crippen LogP) is 5.60. The van der Waals surface area contributed by atoms with Crippen molar-refractivity contribution in [3.05, 3.63) is 115 Å². The van der Waals surface area contributed by atoms with Gasteiger partial charge in [0.05, 0.1) is 41.6 Å². The number of nitrogens with zero attached hydrogens (tertiary/aromatic N) is 4. The minimum Gasteiger partial charge on any atom is -0.353 e. The van der Waals surface area contributed by atoms with Crippen LogP contribution in [0.5, 0.6) is 0 Å². The third-order valence-corrected chi connectivity index (χ3v) is 8.23. The molecule has 7 aromatic rings. The summed E-state index contributed by atoms with van der Waals surface area (Å²) in [6.45, 7) is -0.0497. The summed E-state index contributed by atoms with van der Waals surface area (Å²) >= 11 is 0. The summed E-state index contributed by atoms with van der Waals surface area (Å²) in [7, 11) is -3.45. The summed E-state index contributed by atoms with van der Waals surface area (Å²) < 4.78 is 40.2. The van der Waals surface area contributed by atoms with E-state index in [1.807, 2.05) is 54.6 Å². The first-order chi connectivity index (χ1) is 22.7. The lowest BCUT2D eigenvalue weighted by Gasteiger charge is -2.08. The van der Waals surface area contributed by atoms with Crippen LogP contribution in [0.4, 0.5) is 10.1 Å². The van der Waals surface area contributed by atoms with Gasteiger partial charge in [-0.05, 0) is 53.6 Å². The monoisotopic (exact) mass is 646 g/mol. The number of carbonyl (C=O) groups excluding carboxylic acids is 1. The number of hydrogen-bond donors (Lipinski definition) is 4. The number of fused-ring (bicyclic) bond motifs is 2. The van der Waals surface area contributed by atoms with E-state index < -0.39 is 15.8 Å². The summed E-state index contributed by atoms with van der Waals surface area (Å²) in [5, 5.41) is 11.9. The minimum atomic E-state index is -3.45. The Morgan fingerprint density at radius 3 is 2.53 bits per heavy atom. The Kier molecular flexibility index (Phi) is 7.75.